The van der Waals surface area contributed by atoms with E-state index in [0.717, 1.165) is 11.3 Å². The molecule has 1 amide bonds. The molecule has 8 nitrogen and oxygen atoms in total. The highest BCUT2D eigenvalue weighted by atomic mass is 35.5. The molecule has 2 aliphatic heterocycles. The number of nitrogens with zero attached hydrogens (tertiary/aromatic N) is 4. The average molecular weight is 482 g/mol. The first-order chi connectivity index (χ1) is 16.2. The number of aromatic nitrogens is 1. The Morgan fingerprint density at radius 1 is 1.21 bits per heavy atom. The van der Waals surface area contributed by atoms with Gasteiger partial charge < -0.3 is 15.3 Å². The van der Waals surface area contributed by atoms with Gasteiger partial charge >= 0.3 is 6.09 Å². The molecule has 2 aromatic rings. The number of nitrogens with one attached hydrogen (secondary N) is 1. The Morgan fingerprint density at radius 3 is 2.44 bits per heavy atom. The molecule has 34 heavy (non-hydrogen) atoms. The molecule has 0 radical (unpaired) electrons. The van der Waals surface area contributed by atoms with E-state index in [2.05, 4.69) is 15.2 Å². The first-order valence-electron chi connectivity index (χ1n) is 11.3. The predicted octanol–water partition coefficient (Wildman–Crippen LogP) is 3.30. The van der Waals surface area contributed by atoms with Gasteiger partial charge in [0.2, 0.25) is 0 Å². The Morgan fingerprint density at radius 2 is 1.88 bits per heavy atom. The lowest BCUT2D eigenvalue weighted by atomic mass is 9.63. The molecule has 9 heteroatoms. The van der Waals surface area contributed by atoms with Gasteiger partial charge in [-0.05, 0) is 42.7 Å². The van der Waals surface area contributed by atoms with Crippen molar-refractivity contribution >= 4 is 29.2 Å². The zero-order chi connectivity index (χ0) is 24.5. The maximum atomic E-state index is 14.2. The van der Waals surface area contributed by atoms with Crippen LogP contribution in [0.2, 0.25) is 5.02 Å². The lowest BCUT2D eigenvalue weighted by Crippen LogP contribution is -2.67. The van der Waals surface area contributed by atoms with Crippen molar-refractivity contribution in [3.63, 3.8) is 0 Å². The van der Waals surface area contributed by atoms with E-state index in [0.29, 0.717) is 43.2 Å². The summed E-state index contributed by atoms with van der Waals surface area (Å²) in [4.78, 5) is 33.9. The quantitative estimate of drug-likeness (QED) is 0.674. The molecule has 1 aromatic heterocycles. The molecule has 0 bridgehead atoms. The number of Topliss-reactive ketones (excluding diaryl/α,β-unsaturated/α-hetero) is 1. The smallest absolute Gasteiger partial charge is 0.407 e. The topological polar surface area (TPSA) is 110 Å². The van der Waals surface area contributed by atoms with Crippen molar-refractivity contribution in [2.75, 3.05) is 38.1 Å². The van der Waals surface area contributed by atoms with Gasteiger partial charge in [0.25, 0.3) is 0 Å². The fourth-order valence-electron chi connectivity index (χ4n) is 5.55. The molecule has 2 saturated heterocycles. The summed E-state index contributed by atoms with van der Waals surface area (Å²) in [5.74, 6) is -0.312. The molecule has 2 N–H and O–H groups in total. The third kappa shape index (κ3) is 3.89. The highest BCUT2D eigenvalue weighted by Gasteiger charge is 2.62. The molecular weight excluding hydrogens is 454 g/mol. The van der Waals surface area contributed by atoms with Crippen LogP contribution in [0.5, 0.6) is 0 Å². The number of carbonyl (C=O) groups is 2. The minimum absolute atomic E-state index is 0.0440. The van der Waals surface area contributed by atoms with Gasteiger partial charge in [0.05, 0.1) is 11.9 Å². The van der Waals surface area contributed by atoms with Crippen LogP contribution >= 0.6 is 11.6 Å². The van der Waals surface area contributed by atoms with Crippen LogP contribution in [0.3, 0.4) is 0 Å². The number of pyridine rings is 1. The van der Waals surface area contributed by atoms with Gasteiger partial charge in [0.15, 0.2) is 5.78 Å². The summed E-state index contributed by atoms with van der Waals surface area (Å²) in [6.45, 7) is 4.01. The molecule has 1 aromatic carbocycles. The number of halogens is 1. The summed E-state index contributed by atoms with van der Waals surface area (Å²) in [6, 6.07) is 12.9. The minimum atomic E-state index is -1.24. The predicted molar refractivity (Wildman–Crippen MR) is 129 cm³/mol. The second kappa shape index (κ2) is 9.24. The van der Waals surface area contributed by atoms with Gasteiger partial charge in [-0.15, -0.1) is 0 Å². The number of benzene rings is 1. The van der Waals surface area contributed by atoms with E-state index in [1.165, 1.54) is 11.9 Å². The molecular formula is C25H28ClN5O3. The minimum Gasteiger partial charge on any atom is -0.465 e. The highest BCUT2D eigenvalue weighted by molar-refractivity contribution is 6.30. The Hall–Kier alpha value is -3.15. The molecule has 0 unspecified atom stereocenters. The number of anilines is 1. The first-order valence-corrected chi connectivity index (χ1v) is 11.7. The van der Waals surface area contributed by atoms with Crippen LogP contribution in [0, 0.1) is 17.2 Å². The normalized spacial score (nSPS) is 25.1. The Labute approximate surface area is 204 Å². The van der Waals surface area contributed by atoms with E-state index in [4.69, 9.17) is 16.9 Å². The maximum Gasteiger partial charge on any atom is 0.407 e. The third-order valence-electron chi connectivity index (χ3n) is 7.61. The van der Waals surface area contributed by atoms with Gasteiger partial charge in [0, 0.05) is 49.6 Å². The zero-order valence-corrected chi connectivity index (χ0v) is 20.0. The van der Waals surface area contributed by atoms with Crippen molar-refractivity contribution in [2.45, 2.75) is 30.7 Å². The van der Waals surface area contributed by atoms with Crippen LogP contribution in [-0.4, -0.2) is 65.6 Å². The summed E-state index contributed by atoms with van der Waals surface area (Å²) >= 11 is 6.10. The van der Waals surface area contributed by atoms with Crippen molar-refractivity contribution in [1.82, 2.24) is 15.2 Å². The number of hydrogen-bond donors (Lipinski definition) is 2. The fraction of sp³-hybridized carbons (Fsp3) is 0.440. The monoisotopic (exact) mass is 481 g/mol. The largest absolute Gasteiger partial charge is 0.465 e. The van der Waals surface area contributed by atoms with Crippen LogP contribution in [0.15, 0.2) is 42.6 Å². The summed E-state index contributed by atoms with van der Waals surface area (Å²) in [7, 11) is 1.50. The molecule has 2 aliphatic rings. The lowest BCUT2D eigenvalue weighted by molar-refractivity contribution is -0.136. The van der Waals surface area contributed by atoms with E-state index in [1.54, 1.807) is 24.4 Å². The van der Waals surface area contributed by atoms with E-state index in [-0.39, 0.29) is 18.2 Å². The molecule has 0 spiro atoms. The number of nitriles is 1. The van der Waals surface area contributed by atoms with Gasteiger partial charge in [-0.1, -0.05) is 30.7 Å². The number of carbonyl (C=O) groups excluding carboxylic acids is 1. The number of amides is 1. The number of ketones is 1. The number of rotatable bonds is 5. The highest BCUT2D eigenvalue weighted by Crippen LogP contribution is 2.45. The van der Waals surface area contributed by atoms with Crippen molar-refractivity contribution in [1.29, 1.82) is 5.26 Å². The molecule has 2 fully saturated rings. The Kier molecular flexibility index (Phi) is 6.52. The van der Waals surface area contributed by atoms with Gasteiger partial charge in [-0.25, -0.2) is 9.78 Å². The van der Waals surface area contributed by atoms with Crippen LogP contribution in [0.25, 0.3) is 0 Å². The fourth-order valence-corrected chi connectivity index (χ4v) is 5.67. The molecule has 0 saturated carbocycles. The van der Waals surface area contributed by atoms with Crippen molar-refractivity contribution in [3.8, 4) is 6.07 Å². The maximum absolute atomic E-state index is 14.2. The molecule has 178 valence electrons. The van der Waals surface area contributed by atoms with E-state index < -0.39 is 17.0 Å². The summed E-state index contributed by atoms with van der Waals surface area (Å²) in [6.07, 6.45) is 1.78. The Bertz CT molecular complexity index is 1110. The molecule has 0 aliphatic carbocycles. The van der Waals surface area contributed by atoms with Crippen LogP contribution < -0.4 is 10.2 Å². The number of carboxylic acid groups (broad SMARTS) is 1. The number of hydrogen-bond acceptors (Lipinski definition) is 6. The average Bonchev–Trinajstić information content (AvgIpc) is 3.22. The van der Waals surface area contributed by atoms with Gasteiger partial charge in [0.1, 0.15) is 17.3 Å². The molecule has 3 heterocycles. The van der Waals surface area contributed by atoms with Crippen LogP contribution in [0.4, 0.5) is 10.5 Å². The Balaban J connectivity index is 1.62. The van der Waals surface area contributed by atoms with Gasteiger partial charge in [-0.3, -0.25) is 9.69 Å². The molecule has 2 atom stereocenters. The molecule has 4 rings (SSSR count). The third-order valence-corrected chi connectivity index (χ3v) is 7.87. The van der Waals surface area contributed by atoms with E-state index in [1.807, 2.05) is 31.2 Å². The van der Waals surface area contributed by atoms with Crippen LogP contribution in [0.1, 0.15) is 31.0 Å². The standard InChI is InChI=1S/C25H28ClN5O3/c1-24(18-3-5-19(26)6-4-18)15-28-16-25(24,30(2)23(33)34)22(32)17-9-11-31(12-10-17)21-8-7-20(13-27)29-14-21/h3-8,14,17,28H,9-12,15-16H2,1-2H3,(H,33,34)/t24-,25-/m0/s1. The SMILES string of the molecule is CN(C(=O)O)[C@]1(C(=O)C2CCN(c3ccc(C#N)nc3)CC2)CNC[C@@]1(C)c1ccc(Cl)cc1. The summed E-state index contributed by atoms with van der Waals surface area (Å²) < 4.78 is 0. The van der Waals surface area contributed by atoms with Gasteiger partial charge in [-0.2, -0.15) is 5.26 Å². The van der Waals surface area contributed by atoms with E-state index in [9.17, 15) is 14.7 Å². The second-order valence-electron chi connectivity index (χ2n) is 9.28. The number of piperidine rings is 1. The van der Waals surface area contributed by atoms with Crippen LogP contribution in [-0.2, 0) is 10.2 Å². The second-order valence-corrected chi connectivity index (χ2v) is 9.72. The summed E-state index contributed by atoms with van der Waals surface area (Å²) in [5, 5.41) is 22.9. The summed E-state index contributed by atoms with van der Waals surface area (Å²) in [5.41, 5.74) is 0.161. The van der Waals surface area contributed by atoms with Crippen molar-refractivity contribution in [3.05, 3.63) is 58.9 Å². The van der Waals surface area contributed by atoms with E-state index >= 15 is 0 Å². The first kappa shape index (κ1) is 24.0. The lowest BCUT2D eigenvalue weighted by Gasteiger charge is -2.49. The zero-order valence-electron chi connectivity index (χ0n) is 19.3. The van der Waals surface area contributed by atoms with Crippen molar-refractivity contribution < 1.29 is 14.7 Å². The number of likely N-dealkylation sites (N-methyl/N-ethyl adjacent to an activating group) is 1. The van der Waals surface area contributed by atoms with Crippen molar-refractivity contribution in [2.24, 2.45) is 5.92 Å².